The van der Waals surface area contributed by atoms with E-state index in [1.807, 2.05) is 37.3 Å². The number of rotatable bonds is 3. The molecular formula is C10H12INO. The Morgan fingerprint density at radius 1 is 1.46 bits per heavy atom. The summed E-state index contributed by atoms with van der Waals surface area (Å²) in [5.74, 6) is 0.0781. The molecule has 2 nitrogen and oxygen atoms in total. The highest BCUT2D eigenvalue weighted by Gasteiger charge is 2.11. The normalized spacial score (nSPS) is 12.2. The Kier molecular flexibility index (Phi) is 4.21. The molecule has 0 saturated carbocycles. The first-order valence-corrected chi connectivity index (χ1v) is 5.48. The average Bonchev–Trinajstić information content (AvgIpc) is 2.18. The Balaban J connectivity index is 2.55. The van der Waals surface area contributed by atoms with Crippen LogP contribution in [0.1, 0.15) is 13.3 Å². The van der Waals surface area contributed by atoms with Crippen molar-refractivity contribution in [3.05, 3.63) is 30.3 Å². The maximum absolute atomic E-state index is 11.4. The molecular weight excluding hydrogens is 277 g/mol. The van der Waals surface area contributed by atoms with Crippen molar-refractivity contribution in [2.75, 3.05) is 5.32 Å². The topological polar surface area (TPSA) is 29.1 Å². The second-order valence-electron chi connectivity index (χ2n) is 2.73. The molecule has 0 bridgehead atoms. The lowest BCUT2D eigenvalue weighted by Gasteiger charge is -2.07. The number of para-hydroxylation sites is 1. The first kappa shape index (κ1) is 10.5. The molecule has 1 rings (SSSR count). The van der Waals surface area contributed by atoms with Crippen molar-refractivity contribution in [2.45, 2.75) is 17.3 Å². The SMILES string of the molecule is CC[C@@H](I)C(=O)Nc1ccccc1. The number of hydrogen-bond acceptors (Lipinski definition) is 1. The summed E-state index contributed by atoms with van der Waals surface area (Å²) >= 11 is 2.15. The zero-order valence-corrected chi connectivity index (χ0v) is 9.61. The molecule has 1 aromatic rings. The number of carbonyl (C=O) groups excluding carboxylic acids is 1. The molecule has 0 unspecified atom stereocenters. The van der Waals surface area contributed by atoms with Gasteiger partial charge >= 0.3 is 0 Å². The predicted molar refractivity (Wildman–Crippen MR) is 63.2 cm³/mol. The van der Waals surface area contributed by atoms with Gasteiger partial charge in [-0.3, -0.25) is 4.79 Å². The highest BCUT2D eigenvalue weighted by atomic mass is 127. The maximum atomic E-state index is 11.4. The van der Waals surface area contributed by atoms with Gasteiger partial charge < -0.3 is 5.32 Å². The summed E-state index contributed by atoms with van der Waals surface area (Å²) in [5.41, 5.74) is 0.864. The molecule has 0 aromatic heterocycles. The van der Waals surface area contributed by atoms with Crippen LogP contribution in [-0.2, 0) is 4.79 Å². The molecule has 0 aliphatic rings. The second kappa shape index (κ2) is 5.21. The fraction of sp³-hybridized carbons (Fsp3) is 0.300. The summed E-state index contributed by atoms with van der Waals surface area (Å²) in [6.07, 6.45) is 0.860. The number of halogens is 1. The first-order chi connectivity index (χ1) is 6.24. The van der Waals surface area contributed by atoms with E-state index in [-0.39, 0.29) is 9.83 Å². The summed E-state index contributed by atoms with van der Waals surface area (Å²) in [7, 11) is 0. The van der Waals surface area contributed by atoms with Gasteiger partial charge in [0.25, 0.3) is 0 Å². The number of nitrogens with one attached hydrogen (secondary N) is 1. The van der Waals surface area contributed by atoms with E-state index in [0.29, 0.717) is 0 Å². The second-order valence-corrected chi connectivity index (χ2v) is 4.23. The minimum Gasteiger partial charge on any atom is -0.325 e. The molecule has 0 aliphatic carbocycles. The fourth-order valence-electron chi connectivity index (χ4n) is 0.927. The van der Waals surface area contributed by atoms with Crippen molar-refractivity contribution >= 4 is 34.2 Å². The number of alkyl halides is 1. The monoisotopic (exact) mass is 289 g/mol. The highest BCUT2D eigenvalue weighted by molar-refractivity contribution is 14.1. The van der Waals surface area contributed by atoms with Crippen LogP contribution < -0.4 is 5.32 Å². The first-order valence-electron chi connectivity index (χ1n) is 4.24. The number of amides is 1. The molecule has 0 fully saturated rings. The minimum atomic E-state index is 0.0535. The van der Waals surface area contributed by atoms with Crippen LogP contribution in [-0.4, -0.2) is 9.83 Å². The Morgan fingerprint density at radius 2 is 2.08 bits per heavy atom. The van der Waals surface area contributed by atoms with Gasteiger partial charge in [0.1, 0.15) is 0 Å². The molecule has 0 heterocycles. The van der Waals surface area contributed by atoms with Gasteiger partial charge in [-0.1, -0.05) is 47.7 Å². The van der Waals surface area contributed by atoms with Crippen LogP contribution in [0.15, 0.2) is 30.3 Å². The van der Waals surface area contributed by atoms with E-state index >= 15 is 0 Å². The molecule has 0 radical (unpaired) electrons. The van der Waals surface area contributed by atoms with Gasteiger partial charge in [-0.25, -0.2) is 0 Å². The summed E-state index contributed by atoms with van der Waals surface area (Å²) in [5, 5.41) is 2.85. The lowest BCUT2D eigenvalue weighted by Crippen LogP contribution is -2.21. The molecule has 13 heavy (non-hydrogen) atoms. The van der Waals surface area contributed by atoms with Crippen molar-refractivity contribution < 1.29 is 4.79 Å². The van der Waals surface area contributed by atoms with Crippen molar-refractivity contribution in [2.24, 2.45) is 0 Å². The maximum Gasteiger partial charge on any atom is 0.237 e. The summed E-state index contributed by atoms with van der Waals surface area (Å²) in [6, 6.07) is 9.51. The van der Waals surface area contributed by atoms with Crippen LogP contribution >= 0.6 is 22.6 Å². The zero-order valence-electron chi connectivity index (χ0n) is 7.46. The van der Waals surface area contributed by atoms with E-state index in [1.165, 1.54) is 0 Å². The smallest absolute Gasteiger partial charge is 0.237 e. The lowest BCUT2D eigenvalue weighted by molar-refractivity contribution is -0.115. The van der Waals surface area contributed by atoms with Gasteiger partial charge in [-0.15, -0.1) is 0 Å². The van der Waals surface area contributed by atoms with Crippen molar-refractivity contribution in [3.63, 3.8) is 0 Å². The minimum absolute atomic E-state index is 0.0535. The van der Waals surface area contributed by atoms with E-state index in [0.717, 1.165) is 12.1 Å². The standard InChI is InChI=1S/C10H12INO/c1-2-9(11)10(13)12-8-6-4-3-5-7-8/h3-7,9H,2H2,1H3,(H,12,13)/t9-/m1/s1. The molecule has 3 heteroatoms. The molecule has 0 saturated heterocycles. The van der Waals surface area contributed by atoms with Crippen LogP contribution in [0.5, 0.6) is 0 Å². The third-order valence-corrected chi connectivity index (χ3v) is 3.13. The Labute approximate surface area is 91.9 Å². The van der Waals surface area contributed by atoms with Crippen molar-refractivity contribution in [1.29, 1.82) is 0 Å². The number of hydrogen-bond donors (Lipinski definition) is 1. The number of benzene rings is 1. The summed E-state index contributed by atoms with van der Waals surface area (Å²) in [4.78, 5) is 11.4. The molecule has 1 N–H and O–H groups in total. The predicted octanol–water partition coefficient (Wildman–Crippen LogP) is 2.84. The van der Waals surface area contributed by atoms with Gasteiger partial charge in [0, 0.05) is 5.69 Å². The third-order valence-electron chi connectivity index (χ3n) is 1.68. The largest absolute Gasteiger partial charge is 0.325 e. The van der Waals surface area contributed by atoms with Crippen LogP contribution in [0.2, 0.25) is 0 Å². The molecule has 70 valence electrons. The Bertz CT molecular complexity index is 274. The van der Waals surface area contributed by atoms with E-state index in [1.54, 1.807) is 0 Å². The van der Waals surface area contributed by atoms with Gasteiger partial charge in [0.15, 0.2) is 0 Å². The highest BCUT2D eigenvalue weighted by Crippen LogP contribution is 2.10. The third kappa shape index (κ3) is 3.34. The Morgan fingerprint density at radius 3 is 2.62 bits per heavy atom. The summed E-state index contributed by atoms with van der Waals surface area (Å²) < 4.78 is 0.0535. The van der Waals surface area contributed by atoms with Crippen molar-refractivity contribution in [3.8, 4) is 0 Å². The average molecular weight is 289 g/mol. The van der Waals surface area contributed by atoms with Gasteiger partial charge in [0.2, 0.25) is 5.91 Å². The van der Waals surface area contributed by atoms with Crippen LogP contribution in [0, 0.1) is 0 Å². The van der Waals surface area contributed by atoms with Gasteiger partial charge in [-0.2, -0.15) is 0 Å². The van der Waals surface area contributed by atoms with Crippen LogP contribution in [0.4, 0.5) is 5.69 Å². The quantitative estimate of drug-likeness (QED) is 0.673. The zero-order chi connectivity index (χ0) is 9.68. The van der Waals surface area contributed by atoms with Gasteiger partial charge in [0.05, 0.1) is 3.92 Å². The molecule has 1 aromatic carbocycles. The molecule has 0 spiro atoms. The Hall–Kier alpha value is -0.580. The van der Waals surface area contributed by atoms with E-state index in [4.69, 9.17) is 0 Å². The lowest BCUT2D eigenvalue weighted by atomic mass is 10.3. The van der Waals surface area contributed by atoms with E-state index < -0.39 is 0 Å². The number of anilines is 1. The van der Waals surface area contributed by atoms with Crippen molar-refractivity contribution in [1.82, 2.24) is 0 Å². The number of carbonyl (C=O) groups is 1. The fourth-order valence-corrected chi connectivity index (χ4v) is 1.08. The summed E-state index contributed by atoms with van der Waals surface area (Å²) in [6.45, 7) is 2.00. The van der Waals surface area contributed by atoms with Crippen LogP contribution in [0.3, 0.4) is 0 Å². The molecule has 0 aliphatic heterocycles. The molecule has 1 amide bonds. The van der Waals surface area contributed by atoms with Crippen LogP contribution in [0.25, 0.3) is 0 Å². The molecule has 1 atom stereocenters. The van der Waals surface area contributed by atoms with E-state index in [9.17, 15) is 4.79 Å². The van der Waals surface area contributed by atoms with E-state index in [2.05, 4.69) is 27.9 Å². The van der Waals surface area contributed by atoms with Gasteiger partial charge in [-0.05, 0) is 18.6 Å².